The minimum Gasteiger partial charge on any atom is -0.364 e. The molecule has 0 bridgehead atoms. The average Bonchev–Trinajstić information content (AvgIpc) is 3.17. The molecule has 0 spiro atoms. The maximum Gasteiger partial charge on any atom is 0.229 e. The predicted molar refractivity (Wildman–Crippen MR) is 111 cm³/mol. The van der Waals surface area contributed by atoms with Crippen molar-refractivity contribution in [3.05, 3.63) is 75.4 Å². The van der Waals surface area contributed by atoms with Crippen molar-refractivity contribution in [2.45, 2.75) is 13.5 Å². The third-order valence-corrected chi connectivity index (χ3v) is 5.41. The Kier molecular flexibility index (Phi) is 4.73. The molecule has 0 saturated heterocycles. The van der Waals surface area contributed by atoms with Crippen LogP contribution in [-0.2, 0) is 6.54 Å². The van der Waals surface area contributed by atoms with E-state index in [9.17, 15) is 0 Å². The maximum absolute atomic E-state index is 6.22. The molecule has 4 nitrogen and oxygen atoms in total. The quantitative estimate of drug-likeness (QED) is 0.445. The van der Waals surface area contributed by atoms with Crippen molar-refractivity contribution in [2.24, 2.45) is 0 Å². The number of thiophene rings is 1. The van der Waals surface area contributed by atoms with E-state index in [0.717, 1.165) is 34.5 Å². The fourth-order valence-corrected chi connectivity index (χ4v) is 3.53. The number of nitrogens with one attached hydrogen (secondary N) is 2. The van der Waals surface area contributed by atoms with Gasteiger partial charge >= 0.3 is 0 Å². The molecule has 2 aromatic heterocycles. The number of benzene rings is 2. The molecule has 0 saturated carbocycles. The monoisotopic (exact) mass is 380 g/mol. The molecule has 0 atom stereocenters. The summed E-state index contributed by atoms with van der Waals surface area (Å²) in [5.41, 5.74) is 2.76. The maximum atomic E-state index is 6.22. The summed E-state index contributed by atoms with van der Waals surface area (Å²) < 4.78 is 0. The smallest absolute Gasteiger partial charge is 0.229 e. The summed E-state index contributed by atoms with van der Waals surface area (Å²) in [7, 11) is 0. The van der Waals surface area contributed by atoms with Crippen molar-refractivity contribution in [1.29, 1.82) is 0 Å². The molecule has 6 heteroatoms. The molecule has 0 fully saturated rings. The predicted octanol–water partition coefficient (Wildman–Crippen LogP) is 6.01. The minimum atomic E-state index is 0.544. The van der Waals surface area contributed by atoms with E-state index >= 15 is 0 Å². The lowest BCUT2D eigenvalue weighted by Gasteiger charge is -2.13. The zero-order valence-corrected chi connectivity index (χ0v) is 15.7. The van der Waals surface area contributed by atoms with Gasteiger partial charge in [-0.1, -0.05) is 35.9 Å². The van der Waals surface area contributed by atoms with E-state index in [0.29, 0.717) is 11.0 Å². The molecule has 2 aromatic carbocycles. The number of halogens is 1. The highest BCUT2D eigenvalue weighted by atomic mass is 35.5. The van der Waals surface area contributed by atoms with Crippen molar-refractivity contribution in [3.8, 4) is 0 Å². The van der Waals surface area contributed by atoms with Crippen LogP contribution < -0.4 is 10.6 Å². The fraction of sp³-hybridized carbons (Fsp3) is 0.100. The van der Waals surface area contributed by atoms with Gasteiger partial charge in [-0.05, 0) is 48.2 Å². The van der Waals surface area contributed by atoms with Crippen LogP contribution in [0.3, 0.4) is 0 Å². The Bertz CT molecular complexity index is 1050. The molecule has 0 aliphatic heterocycles. The van der Waals surface area contributed by atoms with Gasteiger partial charge in [0.1, 0.15) is 5.82 Å². The highest BCUT2D eigenvalue weighted by Crippen LogP contribution is 2.28. The number of hydrogen-bond donors (Lipinski definition) is 2. The number of anilines is 3. The van der Waals surface area contributed by atoms with Crippen molar-refractivity contribution < 1.29 is 0 Å². The molecule has 4 rings (SSSR count). The Morgan fingerprint density at radius 1 is 1.00 bits per heavy atom. The van der Waals surface area contributed by atoms with Crippen LogP contribution in [0.15, 0.2) is 60.0 Å². The molecule has 2 heterocycles. The third-order valence-electron chi connectivity index (χ3n) is 4.13. The lowest BCUT2D eigenvalue weighted by Crippen LogP contribution is -2.05. The van der Waals surface area contributed by atoms with Crippen LogP contribution >= 0.6 is 22.9 Å². The molecule has 0 amide bonds. The van der Waals surface area contributed by atoms with Gasteiger partial charge in [0.2, 0.25) is 5.95 Å². The second-order valence-electron chi connectivity index (χ2n) is 5.88. The average molecular weight is 381 g/mol. The molecule has 0 aliphatic carbocycles. The molecule has 130 valence electrons. The zero-order chi connectivity index (χ0) is 17.9. The first-order chi connectivity index (χ1) is 12.7. The first-order valence-electron chi connectivity index (χ1n) is 8.26. The second kappa shape index (κ2) is 7.32. The number of hydrogen-bond acceptors (Lipinski definition) is 5. The Balaban J connectivity index is 1.70. The minimum absolute atomic E-state index is 0.544. The number of rotatable bonds is 5. The molecule has 2 N–H and O–H groups in total. The van der Waals surface area contributed by atoms with Gasteiger partial charge in [0, 0.05) is 21.0 Å². The Hall–Kier alpha value is -2.63. The van der Waals surface area contributed by atoms with Crippen LogP contribution in [0, 0.1) is 6.92 Å². The first-order valence-corrected chi connectivity index (χ1v) is 9.51. The van der Waals surface area contributed by atoms with E-state index < -0.39 is 0 Å². The van der Waals surface area contributed by atoms with Crippen molar-refractivity contribution >= 4 is 51.3 Å². The van der Waals surface area contributed by atoms with Gasteiger partial charge in [-0.25, -0.2) is 4.98 Å². The van der Waals surface area contributed by atoms with Crippen LogP contribution in [0.5, 0.6) is 0 Å². The van der Waals surface area contributed by atoms with Gasteiger partial charge < -0.3 is 10.6 Å². The SMILES string of the molecule is Cc1c(Cl)cccc1Nc1nc(NCc2cccs2)c2ccccc2n1. The Labute approximate surface area is 160 Å². The van der Waals surface area contributed by atoms with E-state index in [1.165, 1.54) is 4.88 Å². The summed E-state index contributed by atoms with van der Waals surface area (Å²) in [5, 5.41) is 10.5. The summed E-state index contributed by atoms with van der Waals surface area (Å²) in [4.78, 5) is 10.6. The van der Waals surface area contributed by atoms with E-state index in [2.05, 4.69) is 33.1 Å². The standard InChI is InChI=1S/C20H17ClN4S/c1-13-16(21)8-4-10-17(13)23-20-24-18-9-3-2-7-15(18)19(25-20)22-12-14-6-5-11-26-14/h2-11H,12H2,1H3,(H2,22,23,24,25). The summed E-state index contributed by atoms with van der Waals surface area (Å²) in [6.45, 7) is 2.70. The summed E-state index contributed by atoms with van der Waals surface area (Å²) in [6, 6.07) is 17.9. The van der Waals surface area contributed by atoms with Gasteiger partial charge in [0.25, 0.3) is 0 Å². The molecule has 4 aromatic rings. The van der Waals surface area contributed by atoms with Gasteiger partial charge in [-0.3, -0.25) is 0 Å². The number of aromatic nitrogens is 2. The van der Waals surface area contributed by atoms with Crippen molar-refractivity contribution in [3.63, 3.8) is 0 Å². The van der Waals surface area contributed by atoms with Crippen LogP contribution in [0.25, 0.3) is 10.9 Å². The largest absolute Gasteiger partial charge is 0.364 e. The topological polar surface area (TPSA) is 49.8 Å². The lowest BCUT2D eigenvalue weighted by molar-refractivity contribution is 1.13. The van der Waals surface area contributed by atoms with E-state index in [1.54, 1.807) is 11.3 Å². The summed E-state index contributed by atoms with van der Waals surface area (Å²) >= 11 is 7.94. The number of nitrogens with zero attached hydrogens (tertiary/aromatic N) is 2. The number of fused-ring (bicyclic) bond motifs is 1. The molecule has 0 unspecified atom stereocenters. The third kappa shape index (κ3) is 3.49. The van der Waals surface area contributed by atoms with Crippen LogP contribution in [-0.4, -0.2) is 9.97 Å². The zero-order valence-electron chi connectivity index (χ0n) is 14.2. The van der Waals surface area contributed by atoms with Crippen LogP contribution in [0.4, 0.5) is 17.5 Å². The van der Waals surface area contributed by atoms with Gasteiger partial charge in [-0.15, -0.1) is 11.3 Å². The normalized spacial score (nSPS) is 10.8. The van der Waals surface area contributed by atoms with Gasteiger partial charge in [0.05, 0.1) is 12.1 Å². The number of para-hydroxylation sites is 1. The second-order valence-corrected chi connectivity index (χ2v) is 7.32. The fourth-order valence-electron chi connectivity index (χ4n) is 2.71. The van der Waals surface area contributed by atoms with Gasteiger partial charge in [0.15, 0.2) is 0 Å². The highest BCUT2D eigenvalue weighted by Gasteiger charge is 2.10. The molecule has 0 radical (unpaired) electrons. The Morgan fingerprint density at radius 2 is 1.88 bits per heavy atom. The van der Waals surface area contributed by atoms with Crippen LogP contribution in [0.1, 0.15) is 10.4 Å². The molecule has 0 aliphatic rings. The van der Waals surface area contributed by atoms with Crippen molar-refractivity contribution in [1.82, 2.24) is 9.97 Å². The summed E-state index contributed by atoms with van der Waals surface area (Å²) in [6.07, 6.45) is 0. The van der Waals surface area contributed by atoms with Gasteiger partial charge in [-0.2, -0.15) is 4.98 Å². The van der Waals surface area contributed by atoms with Crippen molar-refractivity contribution in [2.75, 3.05) is 10.6 Å². The van der Waals surface area contributed by atoms with E-state index in [1.807, 2.05) is 49.4 Å². The summed E-state index contributed by atoms with van der Waals surface area (Å²) in [5.74, 6) is 1.36. The molecule has 26 heavy (non-hydrogen) atoms. The highest BCUT2D eigenvalue weighted by molar-refractivity contribution is 7.09. The Morgan fingerprint density at radius 3 is 2.73 bits per heavy atom. The molecular weight excluding hydrogens is 364 g/mol. The first kappa shape index (κ1) is 16.8. The van der Waals surface area contributed by atoms with E-state index in [4.69, 9.17) is 16.6 Å². The van der Waals surface area contributed by atoms with E-state index in [-0.39, 0.29) is 0 Å². The lowest BCUT2D eigenvalue weighted by atomic mass is 10.2. The molecular formula is C20H17ClN4S. The van der Waals surface area contributed by atoms with Crippen LogP contribution in [0.2, 0.25) is 5.02 Å².